The van der Waals surface area contributed by atoms with Gasteiger partial charge in [-0.05, 0) is 37.0 Å². The van der Waals surface area contributed by atoms with Crippen molar-refractivity contribution in [3.8, 4) is 17.2 Å². The van der Waals surface area contributed by atoms with Crippen molar-refractivity contribution >= 4 is 17.5 Å². The number of para-hydroxylation sites is 1. The molecule has 2 aromatic rings. The molecule has 190 valence electrons. The fourth-order valence-electron chi connectivity index (χ4n) is 5.07. The second-order valence-electron chi connectivity index (χ2n) is 9.95. The van der Waals surface area contributed by atoms with Gasteiger partial charge in [0.15, 0.2) is 5.78 Å². The fourth-order valence-corrected chi connectivity index (χ4v) is 5.07. The molecule has 2 aromatic carbocycles. The number of carbonyl (C=O) groups is 2. The van der Waals surface area contributed by atoms with Crippen LogP contribution < -0.4 is 14.2 Å². The van der Waals surface area contributed by atoms with Gasteiger partial charge in [-0.2, -0.15) is 0 Å². The predicted molar refractivity (Wildman–Crippen MR) is 137 cm³/mol. The molecule has 36 heavy (non-hydrogen) atoms. The summed E-state index contributed by atoms with van der Waals surface area (Å²) in [7, 11) is 3.15. The average Bonchev–Trinajstić information content (AvgIpc) is 2.85. The van der Waals surface area contributed by atoms with Crippen LogP contribution in [-0.2, 0) is 14.3 Å². The first-order valence-corrected chi connectivity index (χ1v) is 12.1. The van der Waals surface area contributed by atoms with E-state index in [-0.39, 0.29) is 24.4 Å². The molecule has 2 aliphatic rings. The summed E-state index contributed by atoms with van der Waals surface area (Å²) in [5, 5.41) is 0. The zero-order valence-corrected chi connectivity index (χ0v) is 21.5. The summed E-state index contributed by atoms with van der Waals surface area (Å²) in [6.45, 7) is 6.25. The molecule has 7 nitrogen and oxygen atoms in total. The number of nitrogens with zero attached hydrogens (tertiary/aromatic N) is 1. The minimum atomic E-state index is -0.757. The molecule has 0 saturated carbocycles. The molecule has 0 amide bonds. The van der Waals surface area contributed by atoms with Crippen LogP contribution in [-0.4, -0.2) is 44.9 Å². The normalized spacial score (nSPS) is 20.8. The molecule has 0 saturated heterocycles. The van der Waals surface area contributed by atoms with Crippen LogP contribution in [0.1, 0.15) is 45.1 Å². The lowest BCUT2D eigenvalue weighted by molar-refractivity contribution is -0.147. The monoisotopic (exact) mass is 491 g/mol. The van der Waals surface area contributed by atoms with Gasteiger partial charge in [-0.25, -0.2) is 0 Å². The Balaban J connectivity index is 1.66. The zero-order chi connectivity index (χ0) is 25.9. The highest BCUT2D eigenvalue weighted by Gasteiger charge is 2.47. The first-order chi connectivity index (χ1) is 17.2. The van der Waals surface area contributed by atoms with Gasteiger partial charge in [0.25, 0.3) is 0 Å². The van der Waals surface area contributed by atoms with E-state index in [1.54, 1.807) is 20.3 Å². The van der Waals surface area contributed by atoms with Crippen molar-refractivity contribution < 1.29 is 28.5 Å². The van der Waals surface area contributed by atoms with Crippen LogP contribution in [0.15, 0.2) is 64.8 Å². The Morgan fingerprint density at radius 3 is 2.44 bits per heavy atom. The van der Waals surface area contributed by atoms with Gasteiger partial charge in [0.2, 0.25) is 0 Å². The number of allylic oxidation sites excluding steroid dienone is 2. The molecule has 0 radical (unpaired) electrons. The highest BCUT2D eigenvalue weighted by atomic mass is 16.6. The van der Waals surface area contributed by atoms with Gasteiger partial charge < -0.3 is 18.9 Å². The maximum absolute atomic E-state index is 13.5. The molecular weight excluding hydrogens is 458 g/mol. The highest BCUT2D eigenvalue weighted by molar-refractivity contribution is 6.09. The fraction of sp³-hybridized carbons (Fsp3) is 0.414. The number of ether oxygens (including phenoxy) is 4. The molecule has 1 aliphatic carbocycles. The van der Waals surface area contributed by atoms with Gasteiger partial charge in [0, 0.05) is 41.0 Å². The summed E-state index contributed by atoms with van der Waals surface area (Å²) in [6, 6.07) is 14.8. The zero-order valence-electron chi connectivity index (χ0n) is 21.5. The molecule has 0 N–H and O–H groups in total. The second kappa shape index (κ2) is 10.6. The second-order valence-corrected chi connectivity index (χ2v) is 9.95. The number of benzene rings is 2. The number of ketones is 1. The third-order valence-corrected chi connectivity index (χ3v) is 6.67. The quantitative estimate of drug-likeness (QED) is 0.375. The van der Waals surface area contributed by atoms with Crippen LogP contribution in [0.2, 0.25) is 0 Å². The van der Waals surface area contributed by atoms with Crippen molar-refractivity contribution in [2.45, 2.75) is 39.5 Å². The van der Waals surface area contributed by atoms with E-state index in [4.69, 9.17) is 23.9 Å². The Kier molecular flexibility index (Phi) is 7.48. The number of hydrogen-bond donors (Lipinski definition) is 0. The van der Waals surface area contributed by atoms with E-state index in [2.05, 4.69) is 13.8 Å². The van der Waals surface area contributed by atoms with Gasteiger partial charge in [-0.3, -0.25) is 14.6 Å². The number of Topliss-reactive ketones (excluding diaryl/α,β-unsaturated/α-hetero) is 1. The molecule has 0 fully saturated rings. The number of esters is 1. The maximum atomic E-state index is 13.5. The lowest BCUT2D eigenvalue weighted by Gasteiger charge is -2.39. The van der Waals surface area contributed by atoms with Crippen LogP contribution in [0.25, 0.3) is 0 Å². The largest absolute Gasteiger partial charge is 0.497 e. The summed E-state index contributed by atoms with van der Waals surface area (Å²) < 4.78 is 22.4. The van der Waals surface area contributed by atoms with E-state index in [1.807, 2.05) is 49.4 Å². The lowest BCUT2D eigenvalue weighted by Crippen LogP contribution is -2.40. The number of hydrogen-bond acceptors (Lipinski definition) is 7. The highest BCUT2D eigenvalue weighted by Crippen LogP contribution is 2.50. The molecule has 0 aromatic heterocycles. The molecule has 0 spiro atoms. The van der Waals surface area contributed by atoms with E-state index in [9.17, 15) is 9.59 Å². The van der Waals surface area contributed by atoms with E-state index in [1.165, 1.54) is 0 Å². The number of methoxy groups -OCH3 is 2. The van der Waals surface area contributed by atoms with Gasteiger partial charge >= 0.3 is 5.97 Å². The molecule has 4 rings (SSSR count). The SMILES string of the molecule is COc1ccc([C@H]2C3=C(CC(C)(C)CC3=O)N=C(C)C2C(=O)OCCOc2ccccc2)c(OC)c1. The third-order valence-electron chi connectivity index (χ3n) is 6.67. The molecule has 1 aliphatic heterocycles. The topological polar surface area (TPSA) is 83.4 Å². The number of carbonyl (C=O) groups excluding carboxylic acids is 2. The third kappa shape index (κ3) is 5.30. The molecule has 0 bridgehead atoms. The van der Waals surface area contributed by atoms with Crippen molar-refractivity contribution in [3.05, 3.63) is 65.4 Å². The van der Waals surface area contributed by atoms with Crippen LogP contribution in [0.3, 0.4) is 0 Å². The van der Waals surface area contributed by atoms with Crippen LogP contribution in [0.5, 0.6) is 17.2 Å². The smallest absolute Gasteiger partial charge is 0.315 e. The summed E-state index contributed by atoms with van der Waals surface area (Å²) in [6.07, 6.45) is 1.05. The minimum Gasteiger partial charge on any atom is -0.497 e. The first-order valence-electron chi connectivity index (χ1n) is 12.1. The Hall–Kier alpha value is -3.61. The standard InChI is InChI=1S/C29H33NO6/c1-18-25(28(32)36-14-13-35-19-9-7-6-8-10-19)26(21-12-11-20(33-4)15-24(21)34-5)27-22(30-18)16-29(2,3)17-23(27)31/h6-12,15,25-26H,13-14,16-17H2,1-5H3/t25?,26-/m1/s1. The Bertz CT molecular complexity index is 1200. The summed E-state index contributed by atoms with van der Waals surface area (Å²) in [4.78, 5) is 31.7. The van der Waals surface area contributed by atoms with Crippen LogP contribution in [0.4, 0.5) is 0 Å². The van der Waals surface area contributed by atoms with E-state index in [0.717, 1.165) is 11.3 Å². The maximum Gasteiger partial charge on any atom is 0.315 e. The van der Waals surface area contributed by atoms with Crippen molar-refractivity contribution in [2.24, 2.45) is 16.3 Å². The molecule has 7 heteroatoms. The summed E-state index contributed by atoms with van der Waals surface area (Å²) in [5.74, 6) is 0.112. The Labute approximate surface area is 212 Å². The Morgan fingerprint density at radius 1 is 1.00 bits per heavy atom. The number of aliphatic imine (C=N–C) groups is 1. The van der Waals surface area contributed by atoms with E-state index < -0.39 is 17.8 Å². The van der Waals surface area contributed by atoms with Crippen molar-refractivity contribution in [1.29, 1.82) is 0 Å². The molecule has 1 heterocycles. The summed E-state index contributed by atoms with van der Waals surface area (Å²) >= 11 is 0. The lowest BCUT2D eigenvalue weighted by atomic mass is 9.66. The van der Waals surface area contributed by atoms with Gasteiger partial charge in [0.05, 0.1) is 14.2 Å². The van der Waals surface area contributed by atoms with Crippen LogP contribution in [0, 0.1) is 11.3 Å². The predicted octanol–water partition coefficient (Wildman–Crippen LogP) is 5.14. The van der Waals surface area contributed by atoms with Crippen molar-refractivity contribution in [3.63, 3.8) is 0 Å². The molecule has 1 unspecified atom stereocenters. The number of rotatable bonds is 8. The van der Waals surface area contributed by atoms with Gasteiger partial charge in [0.1, 0.15) is 36.4 Å². The average molecular weight is 492 g/mol. The van der Waals surface area contributed by atoms with E-state index in [0.29, 0.717) is 41.4 Å². The Morgan fingerprint density at radius 2 is 1.75 bits per heavy atom. The van der Waals surface area contributed by atoms with E-state index >= 15 is 0 Å². The summed E-state index contributed by atoms with van der Waals surface area (Å²) in [5.41, 5.74) is 2.47. The molecular formula is C29H33NO6. The first kappa shape index (κ1) is 25.5. The van der Waals surface area contributed by atoms with Crippen LogP contribution >= 0.6 is 0 Å². The van der Waals surface area contributed by atoms with Gasteiger partial charge in [-0.15, -0.1) is 0 Å². The van der Waals surface area contributed by atoms with Crippen molar-refractivity contribution in [2.75, 3.05) is 27.4 Å². The van der Waals surface area contributed by atoms with Gasteiger partial charge in [-0.1, -0.05) is 38.1 Å². The van der Waals surface area contributed by atoms with Crippen molar-refractivity contribution in [1.82, 2.24) is 0 Å². The minimum absolute atomic E-state index is 0.00517. The molecule has 2 atom stereocenters.